The molecule has 2 aromatic carbocycles. The molecule has 3 rings (SSSR count). The molecule has 0 aromatic heterocycles. The van der Waals surface area contributed by atoms with Crippen LogP contribution in [0.1, 0.15) is 32.8 Å². The SMILES string of the molecule is CCOC(C)(CC(=O)OC)Cc1ccc(OC(C)N2CCOc3ccccc32)cc1. The number of methoxy groups -OCH3 is 1. The summed E-state index contributed by atoms with van der Waals surface area (Å²) < 4.78 is 22.6. The van der Waals surface area contributed by atoms with E-state index >= 15 is 0 Å². The molecule has 0 N–H and O–H groups in total. The van der Waals surface area contributed by atoms with Crippen molar-refractivity contribution < 1.29 is 23.7 Å². The molecule has 0 amide bonds. The van der Waals surface area contributed by atoms with Crippen molar-refractivity contribution in [1.82, 2.24) is 0 Å². The molecule has 0 fully saturated rings. The second-order valence-corrected chi connectivity index (χ2v) is 7.68. The molecule has 2 atom stereocenters. The van der Waals surface area contributed by atoms with Gasteiger partial charge in [0.25, 0.3) is 0 Å². The number of rotatable bonds is 9. The summed E-state index contributed by atoms with van der Waals surface area (Å²) in [5.41, 5.74) is 1.52. The Morgan fingerprint density at radius 2 is 1.93 bits per heavy atom. The minimum absolute atomic E-state index is 0.131. The van der Waals surface area contributed by atoms with Gasteiger partial charge in [0, 0.05) is 13.0 Å². The van der Waals surface area contributed by atoms with Crippen LogP contribution in [-0.2, 0) is 20.7 Å². The third-order valence-corrected chi connectivity index (χ3v) is 5.25. The van der Waals surface area contributed by atoms with Crippen LogP contribution >= 0.6 is 0 Å². The zero-order chi connectivity index (χ0) is 21.6. The second-order valence-electron chi connectivity index (χ2n) is 7.68. The van der Waals surface area contributed by atoms with E-state index in [0.29, 0.717) is 19.6 Å². The van der Waals surface area contributed by atoms with Crippen molar-refractivity contribution in [2.24, 2.45) is 0 Å². The minimum Gasteiger partial charge on any atom is -0.490 e. The van der Waals surface area contributed by atoms with E-state index in [4.69, 9.17) is 18.9 Å². The van der Waals surface area contributed by atoms with Gasteiger partial charge in [-0.3, -0.25) is 4.79 Å². The Balaban J connectivity index is 1.65. The molecule has 6 nitrogen and oxygen atoms in total. The highest BCUT2D eigenvalue weighted by molar-refractivity contribution is 5.70. The normalized spacial score (nSPS) is 16.1. The lowest BCUT2D eigenvalue weighted by Gasteiger charge is -2.35. The molecule has 1 aliphatic heterocycles. The summed E-state index contributed by atoms with van der Waals surface area (Å²) in [6.45, 7) is 7.86. The number of para-hydroxylation sites is 2. The fraction of sp³-hybridized carbons (Fsp3) is 0.458. The van der Waals surface area contributed by atoms with Gasteiger partial charge >= 0.3 is 5.97 Å². The summed E-state index contributed by atoms with van der Waals surface area (Å²) >= 11 is 0. The zero-order valence-electron chi connectivity index (χ0n) is 18.2. The lowest BCUT2D eigenvalue weighted by molar-refractivity contribution is -0.148. The third kappa shape index (κ3) is 5.45. The molecule has 0 aliphatic carbocycles. The Kier molecular flexibility index (Phi) is 7.21. The number of hydrogen-bond donors (Lipinski definition) is 0. The van der Waals surface area contributed by atoms with E-state index in [1.54, 1.807) is 0 Å². The predicted octanol–water partition coefficient (Wildman–Crippen LogP) is 4.21. The molecule has 162 valence electrons. The zero-order valence-corrected chi connectivity index (χ0v) is 18.2. The topological polar surface area (TPSA) is 57.2 Å². The number of esters is 1. The van der Waals surface area contributed by atoms with Crippen LogP contribution in [0, 0.1) is 0 Å². The average Bonchev–Trinajstić information content (AvgIpc) is 2.74. The standard InChI is InChI=1S/C24H31NO5/c1-5-29-24(3,17-23(26)27-4)16-19-10-12-20(13-11-19)30-18(2)25-14-15-28-22-9-7-6-8-21(22)25/h6-13,18H,5,14-17H2,1-4H3. The number of carbonyl (C=O) groups is 1. The molecule has 0 bridgehead atoms. The van der Waals surface area contributed by atoms with Gasteiger partial charge < -0.3 is 23.8 Å². The van der Waals surface area contributed by atoms with Crippen LogP contribution in [0.4, 0.5) is 5.69 Å². The van der Waals surface area contributed by atoms with E-state index in [0.717, 1.165) is 29.3 Å². The Morgan fingerprint density at radius 3 is 2.63 bits per heavy atom. The van der Waals surface area contributed by atoms with Crippen LogP contribution in [0.15, 0.2) is 48.5 Å². The quantitative estimate of drug-likeness (QED) is 0.574. The molecule has 1 aliphatic rings. The number of hydrogen-bond acceptors (Lipinski definition) is 6. The highest BCUT2D eigenvalue weighted by Gasteiger charge is 2.29. The first kappa shape index (κ1) is 22.0. The third-order valence-electron chi connectivity index (χ3n) is 5.25. The van der Waals surface area contributed by atoms with E-state index in [-0.39, 0.29) is 18.6 Å². The molecule has 2 unspecified atom stereocenters. The number of fused-ring (bicyclic) bond motifs is 1. The number of benzene rings is 2. The van der Waals surface area contributed by atoms with E-state index in [2.05, 4.69) is 4.90 Å². The first-order valence-electron chi connectivity index (χ1n) is 10.4. The fourth-order valence-corrected chi connectivity index (χ4v) is 3.84. The van der Waals surface area contributed by atoms with Crippen LogP contribution in [0.2, 0.25) is 0 Å². The van der Waals surface area contributed by atoms with Gasteiger partial charge in [0.1, 0.15) is 18.1 Å². The molecule has 6 heteroatoms. The average molecular weight is 414 g/mol. The van der Waals surface area contributed by atoms with Gasteiger partial charge in [0.05, 0.1) is 31.4 Å². The van der Waals surface area contributed by atoms with Gasteiger partial charge in [-0.1, -0.05) is 24.3 Å². The van der Waals surface area contributed by atoms with E-state index in [9.17, 15) is 4.79 Å². The minimum atomic E-state index is -0.602. The maximum Gasteiger partial charge on any atom is 0.308 e. The van der Waals surface area contributed by atoms with Crippen molar-refractivity contribution in [1.29, 1.82) is 0 Å². The lowest BCUT2D eigenvalue weighted by atomic mass is 9.93. The summed E-state index contributed by atoms with van der Waals surface area (Å²) in [6, 6.07) is 16.0. The van der Waals surface area contributed by atoms with E-state index in [1.165, 1.54) is 7.11 Å². The second kappa shape index (κ2) is 9.85. The summed E-state index contributed by atoms with van der Waals surface area (Å²) in [5, 5.41) is 0. The van der Waals surface area contributed by atoms with Crippen molar-refractivity contribution in [3.8, 4) is 11.5 Å². The monoisotopic (exact) mass is 413 g/mol. The maximum absolute atomic E-state index is 11.8. The summed E-state index contributed by atoms with van der Waals surface area (Å²) in [7, 11) is 1.40. The Bertz CT molecular complexity index is 838. The summed E-state index contributed by atoms with van der Waals surface area (Å²) in [4.78, 5) is 14.0. The number of anilines is 1. The van der Waals surface area contributed by atoms with Crippen molar-refractivity contribution in [2.75, 3.05) is 31.8 Å². The van der Waals surface area contributed by atoms with Gasteiger partial charge in [0.2, 0.25) is 0 Å². The van der Waals surface area contributed by atoms with Gasteiger partial charge in [-0.2, -0.15) is 0 Å². The molecule has 0 saturated heterocycles. The first-order valence-corrected chi connectivity index (χ1v) is 10.4. The van der Waals surface area contributed by atoms with Crippen LogP contribution in [0.5, 0.6) is 11.5 Å². The van der Waals surface area contributed by atoms with Crippen LogP contribution < -0.4 is 14.4 Å². The van der Waals surface area contributed by atoms with E-state index < -0.39 is 5.60 Å². The fourth-order valence-electron chi connectivity index (χ4n) is 3.84. The molecule has 0 saturated carbocycles. The van der Waals surface area contributed by atoms with Crippen LogP contribution in [0.25, 0.3) is 0 Å². The molecule has 0 spiro atoms. The lowest BCUT2D eigenvalue weighted by Crippen LogP contribution is -2.42. The highest BCUT2D eigenvalue weighted by atomic mass is 16.5. The molecular formula is C24H31NO5. The summed E-state index contributed by atoms with van der Waals surface area (Å²) in [6.07, 6.45) is 0.694. The van der Waals surface area contributed by atoms with Gasteiger partial charge in [-0.25, -0.2) is 0 Å². The van der Waals surface area contributed by atoms with Crippen molar-refractivity contribution in [3.05, 3.63) is 54.1 Å². The van der Waals surface area contributed by atoms with Crippen molar-refractivity contribution in [2.45, 2.75) is 45.4 Å². The molecule has 1 heterocycles. The Morgan fingerprint density at radius 1 is 1.20 bits per heavy atom. The van der Waals surface area contributed by atoms with Gasteiger partial charge in [0.15, 0.2) is 6.23 Å². The molecular weight excluding hydrogens is 382 g/mol. The smallest absolute Gasteiger partial charge is 0.308 e. The summed E-state index contributed by atoms with van der Waals surface area (Å²) in [5.74, 6) is 1.40. The predicted molar refractivity (Wildman–Crippen MR) is 116 cm³/mol. The molecule has 2 aromatic rings. The van der Waals surface area contributed by atoms with Crippen LogP contribution in [0.3, 0.4) is 0 Å². The molecule has 30 heavy (non-hydrogen) atoms. The number of nitrogens with zero attached hydrogens (tertiary/aromatic N) is 1. The highest BCUT2D eigenvalue weighted by Crippen LogP contribution is 2.33. The van der Waals surface area contributed by atoms with Gasteiger partial charge in [-0.15, -0.1) is 0 Å². The van der Waals surface area contributed by atoms with E-state index in [1.807, 2.05) is 69.3 Å². The van der Waals surface area contributed by atoms with Crippen LogP contribution in [-0.4, -0.2) is 44.7 Å². The Hall–Kier alpha value is -2.73. The first-order chi connectivity index (χ1) is 14.4. The number of carbonyl (C=O) groups excluding carboxylic acids is 1. The van der Waals surface area contributed by atoms with Crippen molar-refractivity contribution in [3.63, 3.8) is 0 Å². The Labute approximate surface area is 178 Å². The van der Waals surface area contributed by atoms with Gasteiger partial charge in [-0.05, 0) is 50.6 Å². The van der Waals surface area contributed by atoms with Crippen molar-refractivity contribution >= 4 is 11.7 Å². The molecule has 0 radical (unpaired) electrons. The maximum atomic E-state index is 11.8. The number of ether oxygens (including phenoxy) is 4. The largest absolute Gasteiger partial charge is 0.490 e.